The van der Waals surface area contributed by atoms with Gasteiger partial charge in [-0.25, -0.2) is 4.39 Å². The van der Waals surface area contributed by atoms with Gasteiger partial charge in [-0.2, -0.15) is 11.3 Å². The monoisotopic (exact) mass is 320 g/mol. The number of rotatable bonds is 7. The number of benzene rings is 1. The second-order valence-corrected chi connectivity index (χ2v) is 5.52. The first-order chi connectivity index (χ1) is 10.6. The molecule has 0 spiro atoms. The summed E-state index contributed by atoms with van der Waals surface area (Å²) in [6.07, 6.45) is 0.882. The molecule has 4 nitrogen and oxygen atoms in total. The van der Waals surface area contributed by atoms with Gasteiger partial charge in [-0.05, 0) is 35.6 Å². The van der Waals surface area contributed by atoms with Gasteiger partial charge in [0.15, 0.2) is 0 Å². The van der Waals surface area contributed by atoms with Gasteiger partial charge < -0.3 is 10.6 Å². The molecule has 2 amide bonds. The molecule has 0 bridgehead atoms. The molecular weight excluding hydrogens is 303 g/mol. The molecule has 1 aromatic carbocycles. The topological polar surface area (TPSA) is 58.2 Å². The van der Waals surface area contributed by atoms with Crippen molar-refractivity contribution in [3.8, 4) is 0 Å². The highest BCUT2D eigenvalue weighted by Gasteiger charge is 2.06. The van der Waals surface area contributed by atoms with Crippen LogP contribution in [0.5, 0.6) is 0 Å². The van der Waals surface area contributed by atoms with Crippen molar-refractivity contribution in [2.45, 2.75) is 12.8 Å². The Balaban J connectivity index is 1.60. The smallest absolute Gasteiger partial charge is 0.252 e. The van der Waals surface area contributed by atoms with Gasteiger partial charge in [-0.1, -0.05) is 12.1 Å². The van der Waals surface area contributed by atoms with Gasteiger partial charge in [0.05, 0.1) is 0 Å². The van der Waals surface area contributed by atoms with Gasteiger partial charge in [-0.15, -0.1) is 0 Å². The third-order valence-corrected chi connectivity index (χ3v) is 3.75. The molecule has 0 fully saturated rings. The van der Waals surface area contributed by atoms with E-state index >= 15 is 0 Å². The predicted octanol–water partition coefficient (Wildman–Crippen LogP) is 2.37. The Hall–Kier alpha value is -2.21. The molecule has 0 aliphatic carbocycles. The summed E-state index contributed by atoms with van der Waals surface area (Å²) in [4.78, 5) is 23.3. The molecule has 22 heavy (non-hydrogen) atoms. The van der Waals surface area contributed by atoms with Gasteiger partial charge in [0, 0.05) is 30.5 Å². The first kappa shape index (κ1) is 16.2. The molecule has 0 aliphatic heterocycles. The molecule has 1 heterocycles. The Morgan fingerprint density at radius 1 is 1.05 bits per heavy atom. The van der Waals surface area contributed by atoms with Crippen LogP contribution in [0.25, 0.3) is 0 Å². The van der Waals surface area contributed by atoms with Gasteiger partial charge in [-0.3, -0.25) is 9.59 Å². The summed E-state index contributed by atoms with van der Waals surface area (Å²) in [5.41, 5.74) is 1.58. The first-order valence-electron chi connectivity index (χ1n) is 6.96. The van der Waals surface area contributed by atoms with Gasteiger partial charge in [0.2, 0.25) is 5.91 Å². The van der Waals surface area contributed by atoms with E-state index in [9.17, 15) is 14.0 Å². The lowest BCUT2D eigenvalue weighted by atomic mass is 10.1. The lowest BCUT2D eigenvalue weighted by Crippen LogP contribution is -2.31. The normalized spacial score (nSPS) is 10.2. The van der Waals surface area contributed by atoms with Gasteiger partial charge in [0.25, 0.3) is 5.91 Å². The standard InChI is InChI=1S/C16H17FN2O2S/c17-14-3-1-12(2-4-14)5-8-18-15(20)6-9-19-16(21)13-7-10-22-11-13/h1-4,7,10-11H,5-6,8-9H2,(H,18,20)(H,19,21). The quantitative estimate of drug-likeness (QED) is 0.823. The number of hydrogen-bond acceptors (Lipinski definition) is 3. The molecule has 0 saturated carbocycles. The van der Waals surface area contributed by atoms with E-state index in [2.05, 4.69) is 10.6 Å². The average Bonchev–Trinajstić information content (AvgIpc) is 3.03. The van der Waals surface area contributed by atoms with Crippen LogP contribution < -0.4 is 10.6 Å². The van der Waals surface area contributed by atoms with Gasteiger partial charge >= 0.3 is 0 Å². The Labute approximate surface area is 132 Å². The van der Waals surface area contributed by atoms with E-state index in [1.165, 1.54) is 23.5 Å². The van der Waals surface area contributed by atoms with Crippen LogP contribution in [-0.4, -0.2) is 24.9 Å². The molecule has 0 atom stereocenters. The molecule has 2 N–H and O–H groups in total. The van der Waals surface area contributed by atoms with Crippen LogP contribution in [0.4, 0.5) is 4.39 Å². The molecule has 0 aliphatic rings. The number of nitrogens with one attached hydrogen (secondary N) is 2. The molecule has 0 saturated heterocycles. The van der Waals surface area contributed by atoms with E-state index in [1.54, 1.807) is 23.6 Å². The SMILES string of the molecule is O=C(CCNC(=O)c1ccsc1)NCCc1ccc(F)cc1. The minimum absolute atomic E-state index is 0.118. The van der Waals surface area contributed by atoms with E-state index in [4.69, 9.17) is 0 Å². The number of thiophene rings is 1. The molecule has 2 rings (SSSR count). The number of hydrogen-bond donors (Lipinski definition) is 2. The summed E-state index contributed by atoms with van der Waals surface area (Å²) in [6, 6.07) is 7.93. The van der Waals surface area contributed by atoms with Crippen molar-refractivity contribution in [2.75, 3.05) is 13.1 Å². The lowest BCUT2D eigenvalue weighted by molar-refractivity contribution is -0.120. The Morgan fingerprint density at radius 2 is 1.82 bits per heavy atom. The van der Waals surface area contributed by atoms with E-state index in [0.29, 0.717) is 25.1 Å². The van der Waals surface area contributed by atoms with Crippen LogP contribution >= 0.6 is 11.3 Å². The van der Waals surface area contributed by atoms with Crippen LogP contribution in [-0.2, 0) is 11.2 Å². The van der Waals surface area contributed by atoms with E-state index in [0.717, 1.165) is 5.56 Å². The van der Waals surface area contributed by atoms with E-state index in [1.807, 2.05) is 5.38 Å². The van der Waals surface area contributed by atoms with Crippen molar-refractivity contribution >= 4 is 23.2 Å². The second kappa shape index (κ2) is 8.29. The molecule has 6 heteroatoms. The molecule has 2 aromatic rings. The first-order valence-corrected chi connectivity index (χ1v) is 7.91. The van der Waals surface area contributed by atoms with E-state index in [-0.39, 0.29) is 24.1 Å². The highest BCUT2D eigenvalue weighted by molar-refractivity contribution is 7.08. The van der Waals surface area contributed by atoms with Crippen LogP contribution in [0.15, 0.2) is 41.1 Å². The van der Waals surface area contributed by atoms with Crippen molar-refractivity contribution in [1.82, 2.24) is 10.6 Å². The second-order valence-electron chi connectivity index (χ2n) is 4.74. The zero-order valence-electron chi connectivity index (χ0n) is 12.0. The van der Waals surface area contributed by atoms with Crippen LogP contribution in [0.3, 0.4) is 0 Å². The molecule has 1 aromatic heterocycles. The number of carbonyl (C=O) groups excluding carboxylic acids is 2. The summed E-state index contributed by atoms with van der Waals surface area (Å²) in [5.74, 6) is -0.553. The minimum atomic E-state index is -0.269. The minimum Gasteiger partial charge on any atom is -0.356 e. The van der Waals surface area contributed by atoms with E-state index < -0.39 is 0 Å². The fourth-order valence-electron chi connectivity index (χ4n) is 1.87. The fourth-order valence-corrected chi connectivity index (χ4v) is 2.51. The summed E-state index contributed by atoms with van der Waals surface area (Å²) in [5, 5.41) is 9.06. The summed E-state index contributed by atoms with van der Waals surface area (Å²) in [7, 11) is 0. The zero-order valence-corrected chi connectivity index (χ0v) is 12.8. The maximum Gasteiger partial charge on any atom is 0.252 e. The van der Waals surface area contributed by atoms with Crippen molar-refractivity contribution in [1.29, 1.82) is 0 Å². The van der Waals surface area contributed by atoms with Crippen LogP contribution in [0, 0.1) is 5.82 Å². The number of carbonyl (C=O) groups is 2. The fraction of sp³-hybridized carbons (Fsp3) is 0.250. The molecule has 116 valence electrons. The molecular formula is C16H17FN2O2S. The van der Waals surface area contributed by atoms with Crippen molar-refractivity contribution in [3.05, 3.63) is 58.0 Å². The lowest BCUT2D eigenvalue weighted by Gasteiger charge is -2.06. The third-order valence-electron chi connectivity index (χ3n) is 3.07. The average molecular weight is 320 g/mol. The maximum atomic E-state index is 12.7. The van der Waals surface area contributed by atoms with Crippen molar-refractivity contribution in [2.24, 2.45) is 0 Å². The van der Waals surface area contributed by atoms with Crippen LogP contribution in [0.2, 0.25) is 0 Å². The summed E-state index contributed by atoms with van der Waals surface area (Å²) < 4.78 is 12.7. The van der Waals surface area contributed by atoms with Crippen molar-refractivity contribution in [3.63, 3.8) is 0 Å². The zero-order chi connectivity index (χ0) is 15.8. The molecule has 0 unspecified atom stereocenters. The Bertz CT molecular complexity index is 612. The van der Waals surface area contributed by atoms with Crippen molar-refractivity contribution < 1.29 is 14.0 Å². The predicted molar refractivity (Wildman–Crippen MR) is 84.4 cm³/mol. The highest BCUT2D eigenvalue weighted by atomic mass is 32.1. The number of halogens is 1. The number of amides is 2. The Morgan fingerprint density at radius 3 is 2.50 bits per heavy atom. The summed E-state index contributed by atoms with van der Waals surface area (Å²) in [6.45, 7) is 0.792. The third kappa shape index (κ3) is 5.29. The largest absolute Gasteiger partial charge is 0.356 e. The van der Waals surface area contributed by atoms with Gasteiger partial charge in [0.1, 0.15) is 5.82 Å². The van der Waals surface area contributed by atoms with Crippen LogP contribution in [0.1, 0.15) is 22.3 Å². The molecule has 0 radical (unpaired) electrons. The maximum absolute atomic E-state index is 12.7. The highest BCUT2D eigenvalue weighted by Crippen LogP contribution is 2.05. The Kier molecular flexibility index (Phi) is 6.09. The summed E-state index contributed by atoms with van der Waals surface area (Å²) >= 11 is 1.45.